The summed E-state index contributed by atoms with van der Waals surface area (Å²) < 4.78 is 5.12. The second-order valence-electron chi connectivity index (χ2n) is 5.88. The van der Waals surface area contributed by atoms with Crippen LogP contribution in [-0.4, -0.2) is 23.8 Å². The number of ether oxygens (including phenoxy) is 1. The van der Waals surface area contributed by atoms with Gasteiger partial charge in [-0.3, -0.25) is 0 Å². The maximum atomic E-state index is 11.7. The van der Waals surface area contributed by atoms with Crippen molar-refractivity contribution in [2.45, 2.75) is 70.8 Å². The summed E-state index contributed by atoms with van der Waals surface area (Å²) >= 11 is 0. The van der Waals surface area contributed by atoms with Crippen LogP contribution in [0.3, 0.4) is 0 Å². The van der Waals surface area contributed by atoms with Crippen molar-refractivity contribution < 1.29 is 14.6 Å². The van der Waals surface area contributed by atoms with Crippen LogP contribution in [0.4, 0.5) is 0 Å². The van der Waals surface area contributed by atoms with E-state index in [9.17, 15) is 9.90 Å². The van der Waals surface area contributed by atoms with Crippen LogP contribution in [0.1, 0.15) is 75.1 Å². The molecule has 1 aromatic rings. The number of esters is 1. The van der Waals surface area contributed by atoms with Gasteiger partial charge in [-0.25, -0.2) is 4.79 Å². The van der Waals surface area contributed by atoms with E-state index >= 15 is 0 Å². The summed E-state index contributed by atoms with van der Waals surface area (Å²) in [6.07, 6.45) is 10.1. The highest BCUT2D eigenvalue weighted by Gasteiger charge is 2.10. The molecule has 0 saturated heterocycles. The summed E-state index contributed by atoms with van der Waals surface area (Å²) in [5, 5.41) is 9.84. The standard InChI is InChI=1S/C19H30O3/c1-2-3-4-5-6-7-8-12-15-18(20)16-22-19(21)17-13-10-9-11-14-17/h9-11,13-14,18,20H,2-8,12,15-16H2,1H3/t18-/m1/s1. The van der Waals surface area contributed by atoms with Crippen LogP contribution in [0.5, 0.6) is 0 Å². The fourth-order valence-corrected chi connectivity index (χ4v) is 2.43. The van der Waals surface area contributed by atoms with E-state index in [1.165, 1.54) is 38.5 Å². The largest absolute Gasteiger partial charge is 0.459 e. The zero-order valence-corrected chi connectivity index (χ0v) is 13.8. The lowest BCUT2D eigenvalue weighted by Gasteiger charge is -2.11. The Labute approximate surface area is 134 Å². The predicted octanol–water partition coefficient (Wildman–Crippen LogP) is 4.74. The molecule has 3 nitrogen and oxygen atoms in total. The second kappa shape index (κ2) is 12.2. The highest BCUT2D eigenvalue weighted by Crippen LogP contribution is 2.11. The monoisotopic (exact) mass is 306 g/mol. The van der Waals surface area contributed by atoms with Crippen LogP contribution in [0.15, 0.2) is 30.3 Å². The Kier molecular flexibility index (Phi) is 10.4. The third-order valence-corrected chi connectivity index (χ3v) is 3.81. The van der Waals surface area contributed by atoms with Crippen LogP contribution >= 0.6 is 0 Å². The van der Waals surface area contributed by atoms with Crippen molar-refractivity contribution in [3.05, 3.63) is 35.9 Å². The summed E-state index contributed by atoms with van der Waals surface area (Å²) in [7, 11) is 0. The number of hydrogen-bond donors (Lipinski definition) is 1. The Morgan fingerprint density at radius 2 is 1.59 bits per heavy atom. The van der Waals surface area contributed by atoms with Crippen LogP contribution in [0.25, 0.3) is 0 Å². The van der Waals surface area contributed by atoms with E-state index in [0.29, 0.717) is 12.0 Å². The van der Waals surface area contributed by atoms with Crippen molar-refractivity contribution in [2.75, 3.05) is 6.61 Å². The van der Waals surface area contributed by atoms with Crippen LogP contribution in [0.2, 0.25) is 0 Å². The maximum Gasteiger partial charge on any atom is 0.338 e. The normalized spacial score (nSPS) is 12.1. The van der Waals surface area contributed by atoms with E-state index in [0.717, 1.165) is 12.8 Å². The van der Waals surface area contributed by atoms with Gasteiger partial charge in [-0.2, -0.15) is 0 Å². The van der Waals surface area contributed by atoms with Gasteiger partial charge >= 0.3 is 5.97 Å². The van der Waals surface area contributed by atoms with Crippen LogP contribution in [-0.2, 0) is 4.74 Å². The molecule has 0 heterocycles. The Balaban J connectivity index is 1.99. The number of aliphatic hydroxyl groups excluding tert-OH is 1. The lowest BCUT2D eigenvalue weighted by atomic mass is 10.1. The van der Waals surface area contributed by atoms with E-state index in [-0.39, 0.29) is 12.6 Å². The minimum absolute atomic E-state index is 0.0875. The Hall–Kier alpha value is -1.35. The first kappa shape index (κ1) is 18.7. The van der Waals surface area contributed by atoms with Gasteiger partial charge in [-0.05, 0) is 18.6 Å². The molecule has 0 spiro atoms. The topological polar surface area (TPSA) is 46.5 Å². The molecule has 1 atom stereocenters. The zero-order chi connectivity index (χ0) is 16.0. The third kappa shape index (κ3) is 8.83. The Bertz CT molecular complexity index is 389. The minimum atomic E-state index is -0.548. The number of rotatable bonds is 12. The lowest BCUT2D eigenvalue weighted by Crippen LogP contribution is -2.18. The van der Waals surface area contributed by atoms with Gasteiger partial charge in [0, 0.05) is 0 Å². The first-order chi connectivity index (χ1) is 10.7. The third-order valence-electron chi connectivity index (χ3n) is 3.81. The van der Waals surface area contributed by atoms with Crippen molar-refractivity contribution in [2.24, 2.45) is 0 Å². The molecule has 1 aromatic carbocycles. The molecule has 1 N–H and O–H groups in total. The molecular formula is C19H30O3. The number of carbonyl (C=O) groups is 1. The lowest BCUT2D eigenvalue weighted by molar-refractivity contribution is 0.0233. The van der Waals surface area contributed by atoms with Gasteiger partial charge in [-0.1, -0.05) is 76.5 Å². The van der Waals surface area contributed by atoms with E-state index in [2.05, 4.69) is 6.92 Å². The average Bonchev–Trinajstić information content (AvgIpc) is 2.56. The number of hydrogen-bond acceptors (Lipinski definition) is 3. The zero-order valence-electron chi connectivity index (χ0n) is 13.8. The van der Waals surface area contributed by atoms with Crippen LogP contribution < -0.4 is 0 Å². The second-order valence-corrected chi connectivity index (χ2v) is 5.88. The van der Waals surface area contributed by atoms with Gasteiger partial charge in [0.15, 0.2) is 0 Å². The SMILES string of the molecule is CCCCCCCCCC[C@@H](O)COC(=O)c1ccccc1. The molecule has 0 saturated carbocycles. The van der Waals surface area contributed by atoms with Gasteiger partial charge in [0.25, 0.3) is 0 Å². The molecule has 0 bridgehead atoms. The summed E-state index contributed by atoms with van der Waals surface area (Å²) in [6.45, 7) is 2.32. The van der Waals surface area contributed by atoms with Gasteiger partial charge in [0.2, 0.25) is 0 Å². The van der Waals surface area contributed by atoms with Crippen molar-refractivity contribution in [3.63, 3.8) is 0 Å². The van der Waals surface area contributed by atoms with Gasteiger partial charge < -0.3 is 9.84 Å². The molecule has 124 valence electrons. The molecule has 0 aliphatic carbocycles. The number of aliphatic hydroxyl groups is 1. The highest BCUT2D eigenvalue weighted by molar-refractivity contribution is 5.89. The van der Waals surface area contributed by atoms with Gasteiger partial charge in [0.05, 0.1) is 11.7 Å². The van der Waals surface area contributed by atoms with Crippen molar-refractivity contribution in [1.29, 1.82) is 0 Å². The first-order valence-corrected chi connectivity index (χ1v) is 8.64. The van der Waals surface area contributed by atoms with E-state index < -0.39 is 6.10 Å². The molecule has 1 rings (SSSR count). The molecule has 0 aliphatic rings. The summed E-state index contributed by atoms with van der Waals surface area (Å²) in [5.41, 5.74) is 0.529. The molecule has 0 amide bonds. The molecule has 0 aromatic heterocycles. The predicted molar refractivity (Wildman–Crippen MR) is 90.0 cm³/mol. The maximum absolute atomic E-state index is 11.7. The Morgan fingerprint density at radius 1 is 1.00 bits per heavy atom. The van der Waals surface area contributed by atoms with Crippen molar-refractivity contribution in [1.82, 2.24) is 0 Å². The van der Waals surface area contributed by atoms with Crippen molar-refractivity contribution >= 4 is 5.97 Å². The summed E-state index contributed by atoms with van der Waals surface area (Å²) in [4.78, 5) is 11.7. The molecule has 3 heteroatoms. The average molecular weight is 306 g/mol. The van der Waals surface area contributed by atoms with Gasteiger partial charge in [0.1, 0.15) is 6.61 Å². The summed E-state index contributed by atoms with van der Waals surface area (Å²) in [5.74, 6) is -0.365. The molecule has 22 heavy (non-hydrogen) atoms. The molecule has 0 fully saturated rings. The quantitative estimate of drug-likeness (QED) is 0.448. The van der Waals surface area contributed by atoms with E-state index in [1.807, 2.05) is 6.07 Å². The minimum Gasteiger partial charge on any atom is -0.459 e. The smallest absolute Gasteiger partial charge is 0.338 e. The van der Waals surface area contributed by atoms with Crippen molar-refractivity contribution in [3.8, 4) is 0 Å². The summed E-state index contributed by atoms with van der Waals surface area (Å²) in [6, 6.07) is 8.88. The fraction of sp³-hybridized carbons (Fsp3) is 0.632. The van der Waals surface area contributed by atoms with E-state index in [1.54, 1.807) is 24.3 Å². The number of carbonyl (C=O) groups excluding carboxylic acids is 1. The highest BCUT2D eigenvalue weighted by atomic mass is 16.5. The molecule has 0 unspecified atom stereocenters. The van der Waals surface area contributed by atoms with Crippen LogP contribution in [0, 0.1) is 0 Å². The van der Waals surface area contributed by atoms with E-state index in [4.69, 9.17) is 4.74 Å². The fourth-order valence-electron chi connectivity index (χ4n) is 2.43. The Morgan fingerprint density at radius 3 is 2.23 bits per heavy atom. The number of benzene rings is 1. The molecule has 0 radical (unpaired) electrons. The first-order valence-electron chi connectivity index (χ1n) is 8.64. The molecule has 0 aliphatic heterocycles. The van der Waals surface area contributed by atoms with Gasteiger partial charge in [-0.15, -0.1) is 0 Å². The molecular weight excluding hydrogens is 276 g/mol. The number of unbranched alkanes of at least 4 members (excludes halogenated alkanes) is 7.